The van der Waals surface area contributed by atoms with Gasteiger partial charge >= 0.3 is 0 Å². The lowest BCUT2D eigenvalue weighted by Crippen LogP contribution is -2.27. The molecule has 0 saturated carbocycles. The summed E-state index contributed by atoms with van der Waals surface area (Å²) in [6, 6.07) is 11.5. The summed E-state index contributed by atoms with van der Waals surface area (Å²) in [5, 5.41) is 3.47. The van der Waals surface area contributed by atoms with Gasteiger partial charge in [-0.25, -0.2) is 0 Å². The molecule has 0 radical (unpaired) electrons. The third-order valence-electron chi connectivity index (χ3n) is 4.13. The van der Waals surface area contributed by atoms with Crippen LogP contribution in [-0.4, -0.2) is 12.7 Å². The fraction of sp³-hybridized carbons (Fsp3) is 0.235. The maximum Gasteiger partial charge on any atom is 0.251 e. The number of rotatable bonds is 2. The van der Waals surface area contributed by atoms with Crippen LogP contribution in [0.1, 0.15) is 33.9 Å². The third-order valence-corrected chi connectivity index (χ3v) is 4.41. The van der Waals surface area contributed by atoms with Crippen LogP contribution in [-0.2, 0) is 6.42 Å². The fourth-order valence-electron chi connectivity index (χ4n) is 3.05. The quantitative estimate of drug-likeness (QED) is 0.923. The van der Waals surface area contributed by atoms with Crippen LogP contribution < -0.4 is 14.8 Å². The molecule has 0 spiro atoms. The van der Waals surface area contributed by atoms with Crippen LogP contribution in [0, 0.1) is 0 Å². The fourth-order valence-corrected chi connectivity index (χ4v) is 3.31. The van der Waals surface area contributed by atoms with Crippen LogP contribution in [0.5, 0.6) is 11.5 Å². The standard InChI is InChI=1S/C17H14ClNO3/c18-13-7-11(8-15-16(13)22-9-21-15)17(20)19-14-6-5-10-3-1-2-4-12(10)14/h1-4,7-8,14H,5-6,9H2,(H,19,20). The van der Waals surface area contributed by atoms with Gasteiger partial charge < -0.3 is 14.8 Å². The molecule has 1 aliphatic carbocycles. The van der Waals surface area contributed by atoms with E-state index < -0.39 is 0 Å². The molecule has 0 fully saturated rings. The van der Waals surface area contributed by atoms with Crippen molar-refractivity contribution >= 4 is 17.5 Å². The Morgan fingerprint density at radius 3 is 3.00 bits per heavy atom. The maximum atomic E-state index is 12.5. The lowest BCUT2D eigenvalue weighted by molar-refractivity contribution is 0.0936. The van der Waals surface area contributed by atoms with Crippen LogP contribution in [0.3, 0.4) is 0 Å². The number of carbonyl (C=O) groups excluding carboxylic acids is 1. The normalized spacial score (nSPS) is 18.1. The maximum absolute atomic E-state index is 12.5. The summed E-state index contributed by atoms with van der Waals surface area (Å²) in [5.41, 5.74) is 2.98. The highest BCUT2D eigenvalue weighted by Gasteiger charge is 2.25. The second kappa shape index (κ2) is 5.21. The van der Waals surface area contributed by atoms with E-state index in [1.807, 2.05) is 12.1 Å². The molecule has 0 bridgehead atoms. The Morgan fingerprint density at radius 2 is 2.09 bits per heavy atom. The predicted molar refractivity (Wildman–Crippen MR) is 82.5 cm³/mol. The summed E-state index contributed by atoms with van der Waals surface area (Å²) < 4.78 is 10.6. The van der Waals surface area contributed by atoms with E-state index in [0.717, 1.165) is 12.8 Å². The van der Waals surface area contributed by atoms with Crippen LogP contribution in [0.2, 0.25) is 5.02 Å². The van der Waals surface area contributed by atoms with Gasteiger partial charge in [-0.15, -0.1) is 0 Å². The summed E-state index contributed by atoms with van der Waals surface area (Å²) >= 11 is 6.13. The number of nitrogens with one attached hydrogen (secondary N) is 1. The number of aryl methyl sites for hydroxylation is 1. The number of hydrogen-bond donors (Lipinski definition) is 1. The minimum absolute atomic E-state index is 0.0490. The Hall–Kier alpha value is -2.20. The second-order valence-electron chi connectivity index (χ2n) is 5.46. The van der Waals surface area contributed by atoms with Gasteiger partial charge in [0, 0.05) is 5.56 Å². The van der Waals surface area contributed by atoms with E-state index in [1.54, 1.807) is 12.1 Å². The van der Waals surface area contributed by atoms with Gasteiger partial charge in [0.1, 0.15) is 0 Å². The van der Waals surface area contributed by atoms with Gasteiger partial charge in [-0.1, -0.05) is 35.9 Å². The zero-order chi connectivity index (χ0) is 15.1. The van der Waals surface area contributed by atoms with E-state index in [2.05, 4.69) is 17.4 Å². The van der Waals surface area contributed by atoms with E-state index in [1.165, 1.54) is 11.1 Å². The molecule has 2 aromatic rings. The SMILES string of the molecule is O=C(NC1CCc2ccccc21)c1cc(Cl)c2c(c1)OCO2. The summed E-state index contributed by atoms with van der Waals surface area (Å²) in [7, 11) is 0. The molecule has 2 aliphatic rings. The number of carbonyl (C=O) groups is 1. The summed E-state index contributed by atoms with van der Waals surface area (Å²) in [4.78, 5) is 12.5. The highest BCUT2D eigenvalue weighted by Crippen LogP contribution is 2.40. The Balaban J connectivity index is 1.58. The second-order valence-corrected chi connectivity index (χ2v) is 5.86. The topological polar surface area (TPSA) is 47.6 Å². The van der Waals surface area contributed by atoms with Crippen molar-refractivity contribution in [3.63, 3.8) is 0 Å². The zero-order valence-corrected chi connectivity index (χ0v) is 12.5. The van der Waals surface area contributed by atoms with Crippen molar-refractivity contribution in [3.05, 3.63) is 58.1 Å². The van der Waals surface area contributed by atoms with E-state index in [4.69, 9.17) is 21.1 Å². The van der Waals surface area contributed by atoms with E-state index in [-0.39, 0.29) is 18.7 Å². The van der Waals surface area contributed by atoms with Gasteiger partial charge in [0.05, 0.1) is 11.1 Å². The molecule has 5 heteroatoms. The third kappa shape index (κ3) is 2.20. The molecule has 1 aliphatic heterocycles. The number of benzene rings is 2. The first kappa shape index (κ1) is 13.5. The molecule has 22 heavy (non-hydrogen) atoms. The molecule has 0 aromatic heterocycles. The van der Waals surface area contributed by atoms with E-state index in [9.17, 15) is 4.79 Å². The van der Waals surface area contributed by atoms with Crippen molar-refractivity contribution in [2.75, 3.05) is 6.79 Å². The van der Waals surface area contributed by atoms with Crippen LogP contribution >= 0.6 is 11.6 Å². The summed E-state index contributed by atoms with van der Waals surface area (Å²) in [6.45, 7) is 0.135. The van der Waals surface area contributed by atoms with Crippen molar-refractivity contribution < 1.29 is 14.3 Å². The molecule has 4 rings (SSSR count). The average Bonchev–Trinajstić information content (AvgIpc) is 3.15. The predicted octanol–water partition coefficient (Wildman–Crippen LogP) is 3.49. The van der Waals surface area contributed by atoms with Gasteiger partial charge in [0.15, 0.2) is 11.5 Å². The molecule has 1 N–H and O–H groups in total. The number of fused-ring (bicyclic) bond motifs is 2. The first-order chi connectivity index (χ1) is 10.7. The smallest absolute Gasteiger partial charge is 0.251 e. The van der Waals surface area contributed by atoms with Crippen LogP contribution in [0.4, 0.5) is 0 Å². The first-order valence-corrected chi connectivity index (χ1v) is 7.58. The summed E-state index contributed by atoms with van der Waals surface area (Å²) in [6.07, 6.45) is 1.91. The molecular weight excluding hydrogens is 302 g/mol. The van der Waals surface area contributed by atoms with Crippen molar-refractivity contribution in [2.45, 2.75) is 18.9 Å². The van der Waals surface area contributed by atoms with Gasteiger partial charge in [0.2, 0.25) is 6.79 Å². The Bertz CT molecular complexity index is 760. The highest BCUT2D eigenvalue weighted by molar-refractivity contribution is 6.32. The molecular formula is C17H14ClNO3. The van der Waals surface area contributed by atoms with E-state index >= 15 is 0 Å². The lowest BCUT2D eigenvalue weighted by atomic mass is 10.1. The molecule has 0 saturated heterocycles. The Labute approximate surface area is 133 Å². The number of amides is 1. The van der Waals surface area contributed by atoms with Crippen molar-refractivity contribution in [1.82, 2.24) is 5.32 Å². The van der Waals surface area contributed by atoms with Gasteiger partial charge in [-0.05, 0) is 36.1 Å². The number of ether oxygens (including phenoxy) is 2. The molecule has 112 valence electrons. The minimum atomic E-state index is -0.151. The Kier molecular flexibility index (Phi) is 3.19. The van der Waals surface area contributed by atoms with Crippen molar-refractivity contribution in [3.8, 4) is 11.5 Å². The molecule has 4 nitrogen and oxygen atoms in total. The number of hydrogen-bond acceptors (Lipinski definition) is 3. The molecule has 2 aromatic carbocycles. The van der Waals surface area contributed by atoms with Crippen molar-refractivity contribution in [2.24, 2.45) is 0 Å². The highest BCUT2D eigenvalue weighted by atomic mass is 35.5. The van der Waals surface area contributed by atoms with Gasteiger partial charge in [-0.2, -0.15) is 0 Å². The molecule has 1 heterocycles. The minimum Gasteiger partial charge on any atom is -0.454 e. The molecule has 1 atom stereocenters. The average molecular weight is 316 g/mol. The van der Waals surface area contributed by atoms with Crippen LogP contribution in [0.25, 0.3) is 0 Å². The van der Waals surface area contributed by atoms with Crippen LogP contribution in [0.15, 0.2) is 36.4 Å². The van der Waals surface area contributed by atoms with E-state index in [0.29, 0.717) is 22.1 Å². The van der Waals surface area contributed by atoms with Gasteiger partial charge in [-0.3, -0.25) is 4.79 Å². The summed E-state index contributed by atoms with van der Waals surface area (Å²) in [5.74, 6) is 0.871. The molecule has 1 amide bonds. The number of halogens is 1. The largest absolute Gasteiger partial charge is 0.454 e. The Morgan fingerprint density at radius 1 is 1.23 bits per heavy atom. The molecule has 1 unspecified atom stereocenters. The van der Waals surface area contributed by atoms with Gasteiger partial charge in [0.25, 0.3) is 5.91 Å². The lowest BCUT2D eigenvalue weighted by Gasteiger charge is -2.14. The monoisotopic (exact) mass is 315 g/mol. The first-order valence-electron chi connectivity index (χ1n) is 7.20. The van der Waals surface area contributed by atoms with Crippen molar-refractivity contribution in [1.29, 1.82) is 0 Å². The zero-order valence-electron chi connectivity index (χ0n) is 11.8.